The second kappa shape index (κ2) is 7.53. The van der Waals surface area contributed by atoms with Crippen molar-refractivity contribution >= 4 is 39.1 Å². The smallest absolute Gasteiger partial charge is 0.242 e. The summed E-state index contributed by atoms with van der Waals surface area (Å²) in [6.45, 7) is 0. The molecule has 0 aromatic heterocycles. The predicted octanol–water partition coefficient (Wildman–Crippen LogP) is 3.66. The Balaban J connectivity index is 1.62. The molecule has 2 atom stereocenters. The van der Waals surface area contributed by atoms with Crippen molar-refractivity contribution in [2.75, 3.05) is 12.4 Å². The molecule has 1 saturated heterocycles. The summed E-state index contributed by atoms with van der Waals surface area (Å²) in [7, 11) is 1.55. The number of nitrogens with one attached hydrogen (secondary N) is 3. The molecule has 1 aliphatic heterocycles. The zero-order valence-corrected chi connectivity index (χ0v) is 15.3. The largest absolute Gasteiger partial charge is 0.495 e. The van der Waals surface area contributed by atoms with Gasteiger partial charge in [-0.2, -0.15) is 0 Å². The number of amides is 1. The number of carbonyl (C=O) groups excluding carboxylic acids is 1. The molecule has 1 fully saturated rings. The maximum absolute atomic E-state index is 12.4. The molecule has 0 aliphatic carbocycles. The van der Waals surface area contributed by atoms with Crippen LogP contribution in [0, 0.1) is 0 Å². The van der Waals surface area contributed by atoms with E-state index < -0.39 is 0 Å². The van der Waals surface area contributed by atoms with Crippen LogP contribution in [0.1, 0.15) is 18.0 Å². The Labute approximate surface area is 153 Å². The minimum absolute atomic E-state index is 0.0910. The van der Waals surface area contributed by atoms with Crippen molar-refractivity contribution in [3.8, 4) is 5.75 Å². The molecule has 0 bridgehead atoms. The van der Waals surface area contributed by atoms with Crippen molar-refractivity contribution in [1.29, 1.82) is 0 Å². The Morgan fingerprint density at radius 1 is 1.25 bits per heavy atom. The van der Waals surface area contributed by atoms with Crippen LogP contribution in [0.3, 0.4) is 0 Å². The standard InChI is InChI=1S/C17H17BrClN3O2/c1-24-16-7-6-12(8-13(16)19)20-17(23)15-9-14(21-22-15)10-2-4-11(18)5-3-10/h2-8,14-15,21-22H,9H2,1H3,(H,20,23). The molecule has 3 N–H and O–H groups in total. The van der Waals surface area contributed by atoms with E-state index in [9.17, 15) is 4.79 Å². The summed E-state index contributed by atoms with van der Waals surface area (Å²) >= 11 is 9.50. The van der Waals surface area contributed by atoms with Crippen LogP contribution in [0.2, 0.25) is 5.02 Å². The highest BCUT2D eigenvalue weighted by Crippen LogP contribution is 2.28. The van der Waals surface area contributed by atoms with E-state index >= 15 is 0 Å². The molecular formula is C17H17BrClN3O2. The van der Waals surface area contributed by atoms with Gasteiger partial charge in [-0.15, -0.1) is 0 Å². The van der Waals surface area contributed by atoms with Gasteiger partial charge < -0.3 is 10.1 Å². The summed E-state index contributed by atoms with van der Waals surface area (Å²) in [6, 6.07) is 13.0. The molecule has 2 aromatic carbocycles. The molecular weight excluding hydrogens is 394 g/mol. The Morgan fingerprint density at radius 3 is 2.67 bits per heavy atom. The fourth-order valence-electron chi connectivity index (χ4n) is 2.62. The number of hydrazine groups is 1. The van der Waals surface area contributed by atoms with Crippen molar-refractivity contribution in [2.45, 2.75) is 18.5 Å². The maximum atomic E-state index is 12.4. The van der Waals surface area contributed by atoms with Crippen LogP contribution in [-0.4, -0.2) is 19.1 Å². The highest BCUT2D eigenvalue weighted by Gasteiger charge is 2.30. The van der Waals surface area contributed by atoms with Crippen LogP contribution in [-0.2, 0) is 4.79 Å². The minimum atomic E-state index is -0.320. The van der Waals surface area contributed by atoms with Gasteiger partial charge in [0.05, 0.1) is 12.1 Å². The van der Waals surface area contributed by atoms with Crippen molar-refractivity contribution in [3.05, 3.63) is 57.5 Å². The monoisotopic (exact) mass is 409 g/mol. The molecule has 5 nitrogen and oxygen atoms in total. The van der Waals surface area contributed by atoms with Crippen molar-refractivity contribution in [1.82, 2.24) is 10.9 Å². The Bertz CT molecular complexity index is 739. The SMILES string of the molecule is COc1ccc(NC(=O)C2CC(c3ccc(Br)cc3)NN2)cc1Cl. The predicted molar refractivity (Wildman–Crippen MR) is 98.2 cm³/mol. The average molecular weight is 411 g/mol. The summed E-state index contributed by atoms with van der Waals surface area (Å²) in [6.07, 6.45) is 0.664. The molecule has 1 amide bonds. The molecule has 0 saturated carbocycles. The summed E-state index contributed by atoms with van der Waals surface area (Å²) in [5.41, 5.74) is 7.98. The van der Waals surface area contributed by atoms with Gasteiger partial charge in [0.1, 0.15) is 11.8 Å². The second-order valence-corrected chi connectivity index (χ2v) is 6.84. The first kappa shape index (κ1) is 17.2. The number of ether oxygens (including phenoxy) is 1. The van der Waals surface area contributed by atoms with E-state index in [0.29, 0.717) is 22.9 Å². The number of hydrogen-bond acceptors (Lipinski definition) is 4. The molecule has 7 heteroatoms. The van der Waals surface area contributed by atoms with Gasteiger partial charge >= 0.3 is 0 Å². The van der Waals surface area contributed by atoms with Gasteiger partial charge in [0.25, 0.3) is 0 Å². The average Bonchev–Trinajstić information content (AvgIpc) is 3.06. The van der Waals surface area contributed by atoms with Crippen molar-refractivity contribution in [3.63, 3.8) is 0 Å². The number of anilines is 1. The first-order valence-corrected chi connectivity index (χ1v) is 8.65. The first-order chi connectivity index (χ1) is 11.6. The summed E-state index contributed by atoms with van der Waals surface area (Å²) < 4.78 is 6.14. The van der Waals surface area contributed by atoms with E-state index in [-0.39, 0.29) is 18.0 Å². The topological polar surface area (TPSA) is 62.4 Å². The fraction of sp³-hybridized carbons (Fsp3) is 0.235. The lowest BCUT2D eigenvalue weighted by molar-refractivity contribution is -0.117. The van der Waals surface area contributed by atoms with Gasteiger partial charge in [0.15, 0.2) is 0 Å². The van der Waals surface area contributed by atoms with Gasteiger partial charge in [0.2, 0.25) is 5.91 Å². The van der Waals surface area contributed by atoms with E-state index in [0.717, 1.165) is 10.0 Å². The molecule has 1 heterocycles. The zero-order chi connectivity index (χ0) is 17.1. The third-order valence-electron chi connectivity index (χ3n) is 3.91. The lowest BCUT2D eigenvalue weighted by atomic mass is 10.0. The first-order valence-electron chi connectivity index (χ1n) is 7.48. The number of halogens is 2. The summed E-state index contributed by atoms with van der Waals surface area (Å²) in [4.78, 5) is 12.4. The second-order valence-electron chi connectivity index (χ2n) is 5.52. The lowest BCUT2D eigenvalue weighted by Crippen LogP contribution is -2.39. The number of rotatable bonds is 4. The molecule has 0 radical (unpaired) electrons. The molecule has 0 spiro atoms. The number of carbonyl (C=O) groups is 1. The van der Waals surface area contributed by atoms with Gasteiger partial charge in [-0.3, -0.25) is 4.79 Å². The van der Waals surface area contributed by atoms with Crippen molar-refractivity contribution < 1.29 is 9.53 Å². The summed E-state index contributed by atoms with van der Waals surface area (Å²) in [5, 5.41) is 3.33. The van der Waals surface area contributed by atoms with Gasteiger partial charge in [-0.25, -0.2) is 10.9 Å². The van der Waals surface area contributed by atoms with Crippen LogP contribution in [0.15, 0.2) is 46.9 Å². The third-order valence-corrected chi connectivity index (χ3v) is 4.74. The van der Waals surface area contributed by atoms with Crippen molar-refractivity contribution in [2.24, 2.45) is 0 Å². The normalized spacial score (nSPS) is 20.0. The minimum Gasteiger partial charge on any atom is -0.495 e. The van der Waals surface area contributed by atoms with Crippen LogP contribution in [0.4, 0.5) is 5.69 Å². The highest BCUT2D eigenvalue weighted by atomic mass is 79.9. The molecule has 3 rings (SSSR count). The van der Waals surface area contributed by atoms with Crippen LogP contribution >= 0.6 is 27.5 Å². The van der Waals surface area contributed by atoms with Crippen LogP contribution < -0.4 is 20.9 Å². The number of hydrogen-bond donors (Lipinski definition) is 3. The molecule has 2 unspecified atom stereocenters. The number of benzene rings is 2. The molecule has 126 valence electrons. The van der Waals surface area contributed by atoms with E-state index in [1.807, 2.05) is 24.3 Å². The van der Waals surface area contributed by atoms with Crippen LogP contribution in [0.25, 0.3) is 0 Å². The van der Waals surface area contributed by atoms with Gasteiger partial charge in [0, 0.05) is 16.2 Å². The highest BCUT2D eigenvalue weighted by molar-refractivity contribution is 9.10. The Hall–Kier alpha value is -1.60. The van der Waals surface area contributed by atoms with E-state index in [1.54, 1.807) is 25.3 Å². The van der Waals surface area contributed by atoms with E-state index in [4.69, 9.17) is 16.3 Å². The third kappa shape index (κ3) is 3.89. The Morgan fingerprint density at radius 2 is 2.00 bits per heavy atom. The quantitative estimate of drug-likeness (QED) is 0.720. The van der Waals surface area contributed by atoms with Gasteiger partial charge in [-0.05, 0) is 42.3 Å². The Kier molecular flexibility index (Phi) is 5.40. The summed E-state index contributed by atoms with van der Waals surface area (Å²) in [5.74, 6) is 0.467. The molecule has 1 aliphatic rings. The number of methoxy groups -OCH3 is 1. The zero-order valence-electron chi connectivity index (χ0n) is 13.0. The van der Waals surface area contributed by atoms with E-state index in [2.05, 4.69) is 32.1 Å². The molecule has 24 heavy (non-hydrogen) atoms. The fourth-order valence-corrected chi connectivity index (χ4v) is 3.14. The maximum Gasteiger partial charge on any atom is 0.242 e. The van der Waals surface area contributed by atoms with E-state index in [1.165, 1.54) is 0 Å². The van der Waals surface area contributed by atoms with Crippen LogP contribution in [0.5, 0.6) is 5.75 Å². The lowest BCUT2D eigenvalue weighted by Gasteiger charge is -2.12. The van der Waals surface area contributed by atoms with Gasteiger partial charge in [-0.1, -0.05) is 39.7 Å². The molecule has 2 aromatic rings.